The van der Waals surface area contributed by atoms with E-state index in [2.05, 4.69) is 5.10 Å². The van der Waals surface area contributed by atoms with Crippen molar-refractivity contribution in [2.24, 2.45) is 7.05 Å². The van der Waals surface area contributed by atoms with Crippen molar-refractivity contribution in [2.75, 3.05) is 13.7 Å². The Bertz CT molecular complexity index is 908. The molecule has 0 radical (unpaired) electrons. The molecule has 1 saturated heterocycles. The van der Waals surface area contributed by atoms with E-state index < -0.39 is 0 Å². The molecule has 2 aromatic heterocycles. The van der Waals surface area contributed by atoms with E-state index >= 15 is 0 Å². The number of fused-ring (bicyclic) bond motifs is 1. The average molecular weight is 339 g/mol. The molecule has 3 aromatic rings. The largest absolute Gasteiger partial charge is 0.481 e. The number of carbonyl (C=O) groups excluding carboxylic acids is 1. The number of nitrogens with zero attached hydrogens (tertiary/aromatic N) is 3. The fourth-order valence-corrected chi connectivity index (χ4v) is 3.82. The highest BCUT2D eigenvalue weighted by molar-refractivity contribution is 5.96. The van der Waals surface area contributed by atoms with E-state index in [1.54, 1.807) is 11.8 Å². The zero-order valence-corrected chi connectivity index (χ0v) is 14.7. The minimum Gasteiger partial charge on any atom is -0.481 e. The third-order valence-electron chi connectivity index (χ3n) is 4.89. The van der Waals surface area contributed by atoms with Crippen molar-refractivity contribution >= 4 is 16.9 Å². The van der Waals surface area contributed by atoms with Crippen LogP contribution in [0.1, 0.15) is 40.7 Å². The van der Waals surface area contributed by atoms with Crippen LogP contribution in [0.3, 0.4) is 0 Å². The lowest BCUT2D eigenvalue weighted by molar-refractivity contribution is 0.0703. The maximum Gasteiger partial charge on any atom is 0.290 e. The third kappa shape index (κ3) is 2.49. The minimum absolute atomic E-state index is 0.0376. The average Bonchev–Trinajstić information content (AvgIpc) is 3.30. The van der Waals surface area contributed by atoms with Crippen LogP contribution in [0, 0.1) is 6.92 Å². The Hall–Kier alpha value is -2.76. The number of carbonyl (C=O) groups is 1. The van der Waals surface area contributed by atoms with Crippen LogP contribution < -0.4 is 4.74 Å². The quantitative estimate of drug-likeness (QED) is 0.733. The standard InChI is InChI=1S/C19H21N3O3/c1-12-17(19(24-3)21(2)20-12)14-8-6-10-22(14)18(23)16-11-13-7-4-5-9-15(13)25-16/h4-5,7,9,11,14H,6,8,10H2,1-3H3/t14-/m1/s1. The van der Waals surface area contributed by atoms with Crippen LogP contribution in [0.15, 0.2) is 34.7 Å². The molecule has 6 nitrogen and oxygen atoms in total. The number of amides is 1. The number of aromatic nitrogens is 2. The second kappa shape index (κ2) is 5.95. The number of para-hydroxylation sites is 1. The molecule has 1 aliphatic heterocycles. The summed E-state index contributed by atoms with van der Waals surface area (Å²) >= 11 is 0. The molecule has 1 fully saturated rings. The highest BCUT2D eigenvalue weighted by Gasteiger charge is 2.36. The van der Waals surface area contributed by atoms with Gasteiger partial charge in [0.2, 0.25) is 5.88 Å². The first-order valence-electron chi connectivity index (χ1n) is 8.47. The molecule has 130 valence electrons. The highest BCUT2D eigenvalue weighted by Crippen LogP contribution is 2.39. The normalized spacial score (nSPS) is 17.4. The molecular weight excluding hydrogens is 318 g/mol. The molecule has 0 unspecified atom stereocenters. The SMILES string of the molecule is COc1c([C@H]2CCCN2C(=O)c2cc3ccccc3o2)c(C)nn1C. The number of benzene rings is 1. The van der Waals surface area contributed by atoms with Crippen molar-refractivity contribution in [1.29, 1.82) is 0 Å². The zero-order chi connectivity index (χ0) is 17.6. The first-order valence-corrected chi connectivity index (χ1v) is 8.47. The maximum atomic E-state index is 13.1. The summed E-state index contributed by atoms with van der Waals surface area (Å²) in [5.41, 5.74) is 2.62. The van der Waals surface area contributed by atoms with Gasteiger partial charge in [-0.25, -0.2) is 4.68 Å². The second-order valence-corrected chi connectivity index (χ2v) is 6.44. The summed E-state index contributed by atoms with van der Waals surface area (Å²) in [5.74, 6) is 1.02. The molecule has 6 heteroatoms. The van der Waals surface area contributed by atoms with Gasteiger partial charge in [-0.1, -0.05) is 18.2 Å². The van der Waals surface area contributed by atoms with Gasteiger partial charge in [0, 0.05) is 19.0 Å². The van der Waals surface area contributed by atoms with Crippen molar-refractivity contribution in [3.8, 4) is 5.88 Å². The number of rotatable bonds is 3. The Morgan fingerprint density at radius 1 is 1.36 bits per heavy atom. The predicted molar refractivity (Wildman–Crippen MR) is 93.7 cm³/mol. The summed E-state index contributed by atoms with van der Waals surface area (Å²) in [7, 11) is 3.50. The number of ether oxygens (including phenoxy) is 1. The zero-order valence-electron chi connectivity index (χ0n) is 14.7. The number of methoxy groups -OCH3 is 1. The van der Waals surface area contributed by atoms with Gasteiger partial charge in [0.05, 0.1) is 24.4 Å². The molecule has 0 bridgehead atoms. The van der Waals surface area contributed by atoms with Crippen LogP contribution >= 0.6 is 0 Å². The van der Waals surface area contributed by atoms with Gasteiger partial charge in [-0.3, -0.25) is 4.79 Å². The fraction of sp³-hybridized carbons (Fsp3) is 0.368. The van der Waals surface area contributed by atoms with Crippen LogP contribution in [0.4, 0.5) is 0 Å². The molecule has 0 saturated carbocycles. The molecule has 1 aliphatic rings. The molecule has 1 amide bonds. The van der Waals surface area contributed by atoms with Gasteiger partial charge in [-0.2, -0.15) is 5.10 Å². The summed E-state index contributed by atoms with van der Waals surface area (Å²) < 4.78 is 13.0. The van der Waals surface area contributed by atoms with E-state index in [9.17, 15) is 4.79 Å². The van der Waals surface area contributed by atoms with Gasteiger partial charge in [-0.05, 0) is 31.9 Å². The molecule has 1 aromatic carbocycles. The van der Waals surface area contributed by atoms with Gasteiger partial charge >= 0.3 is 0 Å². The fourth-order valence-electron chi connectivity index (χ4n) is 3.82. The highest BCUT2D eigenvalue weighted by atomic mass is 16.5. The van der Waals surface area contributed by atoms with Gasteiger partial charge in [0.1, 0.15) is 5.58 Å². The molecule has 4 rings (SSSR count). The van der Waals surface area contributed by atoms with Crippen LogP contribution in [-0.2, 0) is 7.05 Å². The third-order valence-corrected chi connectivity index (χ3v) is 4.89. The monoisotopic (exact) mass is 339 g/mol. The molecular formula is C19H21N3O3. The van der Waals surface area contributed by atoms with Crippen LogP contribution in [0.5, 0.6) is 5.88 Å². The van der Waals surface area contributed by atoms with E-state index in [0.717, 1.165) is 35.1 Å². The Morgan fingerprint density at radius 3 is 2.92 bits per heavy atom. The van der Waals surface area contributed by atoms with Crippen molar-refractivity contribution < 1.29 is 13.9 Å². The first-order chi connectivity index (χ1) is 12.1. The number of likely N-dealkylation sites (tertiary alicyclic amines) is 1. The number of aryl methyl sites for hydroxylation is 2. The molecule has 0 spiro atoms. The van der Waals surface area contributed by atoms with Crippen molar-refractivity contribution in [3.05, 3.63) is 47.3 Å². The van der Waals surface area contributed by atoms with Crippen LogP contribution in [0.25, 0.3) is 11.0 Å². The summed E-state index contributed by atoms with van der Waals surface area (Å²) in [4.78, 5) is 15.0. The van der Waals surface area contributed by atoms with Gasteiger partial charge in [-0.15, -0.1) is 0 Å². The number of hydrogen-bond acceptors (Lipinski definition) is 4. The smallest absolute Gasteiger partial charge is 0.290 e. The molecule has 1 atom stereocenters. The Balaban J connectivity index is 1.71. The predicted octanol–water partition coefficient (Wildman–Crippen LogP) is 3.46. The lowest BCUT2D eigenvalue weighted by atomic mass is 10.0. The van der Waals surface area contributed by atoms with Crippen LogP contribution in [-0.4, -0.2) is 34.2 Å². The lowest BCUT2D eigenvalue weighted by Gasteiger charge is -2.24. The van der Waals surface area contributed by atoms with E-state index in [1.165, 1.54) is 0 Å². The Kier molecular flexibility index (Phi) is 3.75. The van der Waals surface area contributed by atoms with Crippen molar-refractivity contribution in [2.45, 2.75) is 25.8 Å². The number of furan rings is 1. The summed E-state index contributed by atoms with van der Waals surface area (Å²) in [6, 6.07) is 9.45. The van der Waals surface area contributed by atoms with E-state index in [0.29, 0.717) is 18.2 Å². The van der Waals surface area contributed by atoms with E-state index in [1.807, 2.05) is 49.2 Å². The van der Waals surface area contributed by atoms with Crippen LogP contribution in [0.2, 0.25) is 0 Å². The molecule has 0 N–H and O–H groups in total. The number of hydrogen-bond donors (Lipinski definition) is 0. The van der Waals surface area contributed by atoms with Gasteiger partial charge < -0.3 is 14.1 Å². The first kappa shape index (κ1) is 15.7. The Morgan fingerprint density at radius 2 is 2.16 bits per heavy atom. The molecule has 25 heavy (non-hydrogen) atoms. The minimum atomic E-state index is -0.0796. The maximum absolute atomic E-state index is 13.1. The summed E-state index contributed by atoms with van der Waals surface area (Å²) in [6.45, 7) is 2.66. The Labute approximate surface area is 146 Å². The second-order valence-electron chi connectivity index (χ2n) is 6.44. The molecule has 0 aliphatic carbocycles. The van der Waals surface area contributed by atoms with E-state index in [-0.39, 0.29) is 11.9 Å². The lowest BCUT2D eigenvalue weighted by Crippen LogP contribution is -2.30. The van der Waals surface area contributed by atoms with Gasteiger partial charge in [0.25, 0.3) is 5.91 Å². The van der Waals surface area contributed by atoms with Gasteiger partial charge in [0.15, 0.2) is 5.76 Å². The van der Waals surface area contributed by atoms with Crippen molar-refractivity contribution in [1.82, 2.24) is 14.7 Å². The topological polar surface area (TPSA) is 60.5 Å². The molecule has 3 heterocycles. The summed E-state index contributed by atoms with van der Waals surface area (Å²) in [5, 5.41) is 5.40. The van der Waals surface area contributed by atoms with Crippen molar-refractivity contribution in [3.63, 3.8) is 0 Å². The summed E-state index contributed by atoms with van der Waals surface area (Å²) in [6.07, 6.45) is 1.85. The van der Waals surface area contributed by atoms with E-state index in [4.69, 9.17) is 9.15 Å².